The molecule has 1 heterocycles. The smallest absolute Gasteiger partial charge is 0.249 e. The van der Waals surface area contributed by atoms with E-state index in [1.165, 1.54) is 16.7 Å². The van der Waals surface area contributed by atoms with Gasteiger partial charge in [0.2, 0.25) is 5.95 Å². The molecule has 5 nitrogen and oxygen atoms in total. The molecule has 0 aliphatic heterocycles. The lowest BCUT2D eigenvalue weighted by molar-refractivity contribution is 0.980. The second kappa shape index (κ2) is 6.89. The van der Waals surface area contributed by atoms with E-state index in [2.05, 4.69) is 78.6 Å². The minimum absolute atomic E-state index is 0.477. The number of hydrogen-bond donors (Lipinski definition) is 2. The van der Waals surface area contributed by atoms with Crippen LogP contribution < -0.4 is 10.6 Å². The largest absolute Gasteiger partial charge is 0.339 e. The van der Waals surface area contributed by atoms with Gasteiger partial charge in [-0.15, -0.1) is 5.10 Å². The molecule has 0 saturated carbocycles. The summed E-state index contributed by atoms with van der Waals surface area (Å²) in [6.07, 6.45) is 1.63. The summed E-state index contributed by atoms with van der Waals surface area (Å²) >= 11 is 0. The van der Waals surface area contributed by atoms with Crippen LogP contribution in [0.15, 0.2) is 36.5 Å². The fourth-order valence-corrected chi connectivity index (χ4v) is 2.93. The maximum absolute atomic E-state index is 4.54. The summed E-state index contributed by atoms with van der Waals surface area (Å²) in [7, 11) is 0. The monoisotopic (exact) mass is 333 g/mol. The zero-order chi connectivity index (χ0) is 18.0. The van der Waals surface area contributed by atoms with Gasteiger partial charge in [-0.3, -0.25) is 0 Å². The Morgan fingerprint density at radius 2 is 1.56 bits per heavy atom. The van der Waals surface area contributed by atoms with Crippen molar-refractivity contribution < 1.29 is 0 Å². The van der Waals surface area contributed by atoms with Gasteiger partial charge < -0.3 is 10.6 Å². The van der Waals surface area contributed by atoms with E-state index < -0.39 is 0 Å². The quantitative estimate of drug-likeness (QED) is 0.711. The Morgan fingerprint density at radius 3 is 2.28 bits per heavy atom. The summed E-state index contributed by atoms with van der Waals surface area (Å²) in [6.45, 7) is 10.4. The van der Waals surface area contributed by atoms with Gasteiger partial charge in [-0.05, 0) is 62.9 Å². The van der Waals surface area contributed by atoms with Crippen molar-refractivity contribution in [3.63, 3.8) is 0 Å². The first-order valence-electron chi connectivity index (χ1n) is 8.32. The number of aromatic nitrogens is 3. The molecule has 0 atom stereocenters. The maximum atomic E-state index is 4.54. The molecule has 2 N–H and O–H groups in total. The van der Waals surface area contributed by atoms with Gasteiger partial charge in [-0.1, -0.05) is 29.8 Å². The fourth-order valence-electron chi connectivity index (χ4n) is 2.93. The highest BCUT2D eigenvalue weighted by Gasteiger charge is 2.08. The topological polar surface area (TPSA) is 62.7 Å². The normalized spacial score (nSPS) is 10.6. The van der Waals surface area contributed by atoms with Crippen LogP contribution in [0.5, 0.6) is 0 Å². The first-order chi connectivity index (χ1) is 11.9. The highest BCUT2D eigenvalue weighted by Crippen LogP contribution is 2.25. The third-order valence-corrected chi connectivity index (χ3v) is 4.34. The number of nitrogens with zero attached hydrogens (tertiary/aromatic N) is 3. The molecule has 3 aromatic rings. The Kier molecular flexibility index (Phi) is 4.65. The van der Waals surface area contributed by atoms with Crippen LogP contribution in [0.2, 0.25) is 0 Å². The maximum Gasteiger partial charge on any atom is 0.249 e. The zero-order valence-corrected chi connectivity index (χ0v) is 15.3. The van der Waals surface area contributed by atoms with Crippen molar-refractivity contribution in [2.45, 2.75) is 34.6 Å². The van der Waals surface area contributed by atoms with Crippen LogP contribution in [0.25, 0.3) is 0 Å². The van der Waals surface area contributed by atoms with Crippen LogP contribution in [0.1, 0.15) is 27.8 Å². The van der Waals surface area contributed by atoms with E-state index in [-0.39, 0.29) is 0 Å². The van der Waals surface area contributed by atoms with Crippen molar-refractivity contribution in [3.05, 3.63) is 64.3 Å². The number of hydrogen-bond acceptors (Lipinski definition) is 5. The summed E-state index contributed by atoms with van der Waals surface area (Å²) in [5, 5.41) is 14.8. The zero-order valence-electron chi connectivity index (χ0n) is 15.3. The van der Waals surface area contributed by atoms with Crippen molar-refractivity contribution >= 4 is 23.1 Å². The van der Waals surface area contributed by atoms with Gasteiger partial charge in [-0.25, -0.2) is 0 Å². The van der Waals surface area contributed by atoms with Crippen LogP contribution in [-0.4, -0.2) is 15.2 Å². The molecule has 3 rings (SSSR count). The first kappa shape index (κ1) is 16.9. The Bertz CT molecular complexity index is 895. The lowest BCUT2D eigenvalue weighted by Crippen LogP contribution is -2.05. The summed E-state index contributed by atoms with van der Waals surface area (Å²) in [5.74, 6) is 1.14. The van der Waals surface area contributed by atoms with E-state index in [1.807, 2.05) is 12.1 Å². The third kappa shape index (κ3) is 3.76. The predicted molar refractivity (Wildman–Crippen MR) is 103 cm³/mol. The molecule has 0 spiro atoms. The van der Waals surface area contributed by atoms with Crippen molar-refractivity contribution in [1.29, 1.82) is 0 Å². The van der Waals surface area contributed by atoms with E-state index in [1.54, 1.807) is 6.20 Å². The van der Waals surface area contributed by atoms with Crippen LogP contribution in [0, 0.1) is 34.6 Å². The lowest BCUT2D eigenvalue weighted by atomic mass is 10.1. The van der Waals surface area contributed by atoms with Gasteiger partial charge in [0.25, 0.3) is 0 Å². The van der Waals surface area contributed by atoms with Crippen LogP contribution in [0.3, 0.4) is 0 Å². The minimum Gasteiger partial charge on any atom is -0.339 e. The Labute approximate surface area is 148 Å². The lowest BCUT2D eigenvalue weighted by Gasteiger charge is -2.14. The highest BCUT2D eigenvalue weighted by molar-refractivity contribution is 5.65. The molecule has 0 bridgehead atoms. The van der Waals surface area contributed by atoms with Gasteiger partial charge >= 0.3 is 0 Å². The molecule has 5 heteroatoms. The summed E-state index contributed by atoms with van der Waals surface area (Å²) < 4.78 is 0. The van der Waals surface area contributed by atoms with E-state index in [0.717, 1.165) is 22.5 Å². The highest BCUT2D eigenvalue weighted by atomic mass is 15.3. The molecule has 128 valence electrons. The number of nitrogens with one attached hydrogen (secondary N) is 2. The van der Waals surface area contributed by atoms with Crippen LogP contribution in [-0.2, 0) is 0 Å². The van der Waals surface area contributed by atoms with Gasteiger partial charge in [0.05, 0.1) is 6.20 Å². The number of aryl methyl sites for hydroxylation is 4. The van der Waals surface area contributed by atoms with Gasteiger partial charge in [0.15, 0.2) is 5.82 Å². The Balaban J connectivity index is 1.86. The molecular weight excluding hydrogens is 310 g/mol. The Hall–Kier alpha value is -2.95. The van der Waals surface area contributed by atoms with E-state index >= 15 is 0 Å². The molecule has 0 saturated heterocycles. The summed E-state index contributed by atoms with van der Waals surface area (Å²) in [4.78, 5) is 4.54. The molecule has 0 fully saturated rings. The van der Waals surface area contributed by atoms with Crippen LogP contribution >= 0.6 is 0 Å². The van der Waals surface area contributed by atoms with E-state index in [4.69, 9.17) is 0 Å². The SMILES string of the molecule is Cc1cc(C)c(Nc2nncc(Nc3cccc(C)c3C)n2)c(C)c1. The fraction of sp³-hybridized carbons (Fsp3) is 0.250. The number of rotatable bonds is 4. The summed E-state index contributed by atoms with van der Waals surface area (Å²) in [6, 6.07) is 10.4. The third-order valence-electron chi connectivity index (χ3n) is 4.34. The average molecular weight is 333 g/mol. The van der Waals surface area contributed by atoms with Crippen molar-refractivity contribution in [1.82, 2.24) is 15.2 Å². The van der Waals surface area contributed by atoms with Crippen molar-refractivity contribution in [2.24, 2.45) is 0 Å². The molecule has 25 heavy (non-hydrogen) atoms. The van der Waals surface area contributed by atoms with Gasteiger partial charge in [0, 0.05) is 11.4 Å². The van der Waals surface area contributed by atoms with Crippen molar-refractivity contribution in [2.75, 3.05) is 10.6 Å². The van der Waals surface area contributed by atoms with Gasteiger partial charge in [-0.2, -0.15) is 10.1 Å². The molecule has 0 unspecified atom stereocenters. The van der Waals surface area contributed by atoms with E-state index in [0.29, 0.717) is 11.8 Å². The standard InChI is InChI=1S/C20H23N5/c1-12-9-14(3)19(15(4)10-12)24-20-23-18(11-21-25-20)22-17-8-6-7-13(2)16(17)5/h6-11H,1-5H3,(H2,22,23,24,25). The molecule has 1 aromatic heterocycles. The summed E-state index contributed by atoms with van der Waals surface area (Å²) in [5.41, 5.74) is 8.04. The van der Waals surface area contributed by atoms with Gasteiger partial charge in [0.1, 0.15) is 0 Å². The Morgan fingerprint density at radius 1 is 0.840 bits per heavy atom. The van der Waals surface area contributed by atoms with E-state index in [9.17, 15) is 0 Å². The molecule has 2 aromatic carbocycles. The number of anilines is 4. The second-order valence-corrected chi connectivity index (χ2v) is 6.44. The van der Waals surface area contributed by atoms with Crippen LogP contribution in [0.4, 0.5) is 23.1 Å². The van der Waals surface area contributed by atoms with Crippen molar-refractivity contribution in [3.8, 4) is 0 Å². The molecule has 0 aliphatic carbocycles. The molecule has 0 radical (unpaired) electrons. The molecular formula is C20H23N5. The molecule has 0 aliphatic rings. The first-order valence-corrected chi connectivity index (χ1v) is 8.32. The predicted octanol–water partition coefficient (Wildman–Crippen LogP) is 4.90. The molecule has 0 amide bonds. The number of benzene rings is 2. The average Bonchev–Trinajstić information content (AvgIpc) is 2.56. The second-order valence-electron chi connectivity index (χ2n) is 6.44. The minimum atomic E-state index is 0.477.